The lowest BCUT2D eigenvalue weighted by atomic mass is 10.0. The van der Waals surface area contributed by atoms with Crippen LogP contribution in [0, 0.1) is 0 Å². The first-order valence-electron chi connectivity index (χ1n) is 7.75. The molecule has 122 valence electrons. The molecular weight excluding hydrogens is 316 g/mol. The Kier molecular flexibility index (Phi) is 3.74. The van der Waals surface area contributed by atoms with Crippen molar-refractivity contribution >= 4 is 17.1 Å². The van der Waals surface area contributed by atoms with E-state index in [2.05, 4.69) is 9.97 Å². The molecule has 0 spiro atoms. The minimum absolute atomic E-state index is 0.365. The molecule has 0 aliphatic rings. The SMILES string of the molecule is COC(=O)c1cccc2nc(-c3cccc(-c4ccncc4)c3)oc12. The van der Waals surface area contributed by atoms with E-state index in [0.29, 0.717) is 22.6 Å². The quantitative estimate of drug-likeness (QED) is 0.523. The highest BCUT2D eigenvalue weighted by Crippen LogP contribution is 2.29. The van der Waals surface area contributed by atoms with E-state index in [4.69, 9.17) is 9.15 Å². The van der Waals surface area contributed by atoms with Gasteiger partial charge in [0.1, 0.15) is 11.1 Å². The van der Waals surface area contributed by atoms with Gasteiger partial charge in [-0.3, -0.25) is 4.98 Å². The molecule has 5 nitrogen and oxygen atoms in total. The Morgan fingerprint density at radius 1 is 0.960 bits per heavy atom. The van der Waals surface area contributed by atoms with E-state index in [1.807, 2.05) is 42.5 Å². The summed E-state index contributed by atoms with van der Waals surface area (Å²) < 4.78 is 10.7. The molecule has 0 atom stereocenters. The van der Waals surface area contributed by atoms with E-state index in [0.717, 1.165) is 16.7 Å². The van der Waals surface area contributed by atoms with Crippen LogP contribution in [0.15, 0.2) is 71.4 Å². The van der Waals surface area contributed by atoms with E-state index in [1.165, 1.54) is 7.11 Å². The van der Waals surface area contributed by atoms with Crippen molar-refractivity contribution in [1.29, 1.82) is 0 Å². The van der Waals surface area contributed by atoms with E-state index in [-0.39, 0.29) is 0 Å². The Morgan fingerprint density at radius 3 is 2.52 bits per heavy atom. The molecule has 2 aromatic carbocycles. The van der Waals surface area contributed by atoms with Crippen molar-refractivity contribution in [3.05, 3.63) is 72.6 Å². The third-order valence-electron chi connectivity index (χ3n) is 3.94. The fourth-order valence-corrected chi connectivity index (χ4v) is 2.72. The molecule has 4 rings (SSSR count). The third kappa shape index (κ3) is 2.76. The van der Waals surface area contributed by atoms with Crippen LogP contribution in [0.1, 0.15) is 10.4 Å². The molecule has 2 aromatic heterocycles. The van der Waals surface area contributed by atoms with Gasteiger partial charge in [0.15, 0.2) is 5.58 Å². The minimum Gasteiger partial charge on any atom is -0.465 e. The minimum atomic E-state index is -0.446. The molecule has 0 bridgehead atoms. The molecule has 25 heavy (non-hydrogen) atoms. The summed E-state index contributed by atoms with van der Waals surface area (Å²) >= 11 is 0. The van der Waals surface area contributed by atoms with Gasteiger partial charge in [0.25, 0.3) is 0 Å². The fourth-order valence-electron chi connectivity index (χ4n) is 2.72. The number of hydrogen-bond donors (Lipinski definition) is 0. The van der Waals surface area contributed by atoms with Gasteiger partial charge in [-0.1, -0.05) is 18.2 Å². The molecule has 5 heteroatoms. The number of methoxy groups -OCH3 is 1. The maximum absolute atomic E-state index is 11.9. The smallest absolute Gasteiger partial charge is 0.341 e. The van der Waals surface area contributed by atoms with Gasteiger partial charge in [-0.15, -0.1) is 0 Å². The van der Waals surface area contributed by atoms with Crippen LogP contribution in [0.2, 0.25) is 0 Å². The van der Waals surface area contributed by atoms with Crippen LogP contribution in [0.5, 0.6) is 0 Å². The Hall–Kier alpha value is -3.47. The number of fused-ring (bicyclic) bond motifs is 1. The highest BCUT2D eigenvalue weighted by Gasteiger charge is 2.16. The molecule has 0 aliphatic heterocycles. The number of benzene rings is 2. The van der Waals surface area contributed by atoms with E-state index < -0.39 is 5.97 Å². The monoisotopic (exact) mass is 330 g/mol. The second kappa shape index (κ2) is 6.20. The maximum Gasteiger partial charge on any atom is 0.341 e. The number of hydrogen-bond acceptors (Lipinski definition) is 5. The van der Waals surface area contributed by atoms with Gasteiger partial charge in [-0.05, 0) is 47.5 Å². The summed E-state index contributed by atoms with van der Waals surface area (Å²) in [5, 5.41) is 0. The zero-order valence-corrected chi connectivity index (χ0v) is 13.5. The molecule has 0 aliphatic carbocycles. The average Bonchev–Trinajstić information content (AvgIpc) is 3.12. The zero-order chi connectivity index (χ0) is 17.2. The average molecular weight is 330 g/mol. The molecule has 0 radical (unpaired) electrons. The van der Waals surface area contributed by atoms with Gasteiger partial charge >= 0.3 is 5.97 Å². The van der Waals surface area contributed by atoms with E-state index in [9.17, 15) is 4.79 Å². The lowest BCUT2D eigenvalue weighted by Gasteiger charge is -2.02. The van der Waals surface area contributed by atoms with Crippen LogP contribution in [0.3, 0.4) is 0 Å². The molecule has 0 saturated carbocycles. The molecule has 0 fully saturated rings. The normalized spacial score (nSPS) is 10.8. The second-order valence-corrected chi connectivity index (χ2v) is 5.48. The largest absolute Gasteiger partial charge is 0.465 e. The summed E-state index contributed by atoms with van der Waals surface area (Å²) in [6.07, 6.45) is 3.51. The van der Waals surface area contributed by atoms with Gasteiger partial charge in [-0.2, -0.15) is 0 Å². The Balaban J connectivity index is 1.82. The summed E-state index contributed by atoms with van der Waals surface area (Å²) in [5.74, 6) is 0.0149. The molecule has 0 saturated heterocycles. The molecule has 4 aromatic rings. The first-order valence-corrected chi connectivity index (χ1v) is 7.75. The molecule has 2 heterocycles. The lowest BCUT2D eigenvalue weighted by molar-refractivity contribution is 0.0602. The van der Waals surface area contributed by atoms with Crippen LogP contribution in [0.25, 0.3) is 33.7 Å². The standard InChI is InChI=1S/C20H14N2O3/c1-24-20(23)16-6-3-7-17-18(16)25-19(22-17)15-5-2-4-14(12-15)13-8-10-21-11-9-13/h2-12H,1H3. The van der Waals surface area contributed by atoms with Gasteiger partial charge < -0.3 is 9.15 Å². The summed E-state index contributed by atoms with van der Waals surface area (Å²) in [5.41, 5.74) is 4.34. The number of esters is 1. The van der Waals surface area contributed by atoms with Crippen LogP contribution in [-0.4, -0.2) is 23.0 Å². The van der Waals surface area contributed by atoms with E-state index >= 15 is 0 Å². The second-order valence-electron chi connectivity index (χ2n) is 5.48. The number of carbonyl (C=O) groups is 1. The molecule has 0 N–H and O–H groups in total. The predicted octanol–water partition coefficient (Wildman–Crippen LogP) is 4.34. The number of aromatic nitrogens is 2. The zero-order valence-electron chi connectivity index (χ0n) is 13.5. The molecular formula is C20H14N2O3. The van der Waals surface area contributed by atoms with Crippen molar-refractivity contribution in [3.8, 4) is 22.6 Å². The highest BCUT2D eigenvalue weighted by atomic mass is 16.5. The Labute approximate surface area is 143 Å². The number of nitrogens with zero attached hydrogens (tertiary/aromatic N) is 2. The summed E-state index contributed by atoms with van der Waals surface area (Å²) in [7, 11) is 1.34. The maximum atomic E-state index is 11.9. The lowest BCUT2D eigenvalue weighted by Crippen LogP contribution is -2.00. The number of carbonyl (C=O) groups excluding carboxylic acids is 1. The third-order valence-corrected chi connectivity index (χ3v) is 3.94. The van der Waals surface area contributed by atoms with Crippen LogP contribution in [-0.2, 0) is 4.74 Å². The van der Waals surface area contributed by atoms with Crippen molar-refractivity contribution in [2.45, 2.75) is 0 Å². The van der Waals surface area contributed by atoms with Gasteiger partial charge in [-0.25, -0.2) is 9.78 Å². The number of ether oxygens (including phenoxy) is 1. The van der Waals surface area contributed by atoms with Gasteiger partial charge in [0.2, 0.25) is 5.89 Å². The van der Waals surface area contributed by atoms with Crippen LogP contribution >= 0.6 is 0 Å². The van der Waals surface area contributed by atoms with Crippen LogP contribution in [0.4, 0.5) is 0 Å². The first-order chi connectivity index (χ1) is 12.3. The molecule has 0 unspecified atom stereocenters. The van der Waals surface area contributed by atoms with Gasteiger partial charge in [0.05, 0.1) is 7.11 Å². The first kappa shape index (κ1) is 15.1. The summed E-state index contributed by atoms with van der Waals surface area (Å²) in [4.78, 5) is 20.4. The van der Waals surface area contributed by atoms with E-state index in [1.54, 1.807) is 24.5 Å². The van der Waals surface area contributed by atoms with Crippen molar-refractivity contribution in [1.82, 2.24) is 9.97 Å². The topological polar surface area (TPSA) is 65.2 Å². The van der Waals surface area contributed by atoms with Crippen molar-refractivity contribution in [2.75, 3.05) is 7.11 Å². The molecule has 0 amide bonds. The van der Waals surface area contributed by atoms with Crippen molar-refractivity contribution in [2.24, 2.45) is 0 Å². The van der Waals surface area contributed by atoms with Crippen molar-refractivity contribution in [3.63, 3.8) is 0 Å². The summed E-state index contributed by atoms with van der Waals surface area (Å²) in [6, 6.07) is 17.0. The van der Waals surface area contributed by atoms with Crippen molar-refractivity contribution < 1.29 is 13.9 Å². The highest BCUT2D eigenvalue weighted by molar-refractivity contribution is 6.01. The number of para-hydroxylation sites is 1. The number of pyridine rings is 1. The number of oxazole rings is 1. The van der Waals surface area contributed by atoms with Gasteiger partial charge in [0, 0.05) is 18.0 Å². The Bertz CT molecular complexity index is 1050. The fraction of sp³-hybridized carbons (Fsp3) is 0.0500. The Morgan fingerprint density at radius 2 is 1.72 bits per heavy atom. The summed E-state index contributed by atoms with van der Waals surface area (Å²) in [6.45, 7) is 0. The number of rotatable bonds is 3. The van der Waals surface area contributed by atoms with Crippen LogP contribution < -0.4 is 0 Å². The predicted molar refractivity (Wildman–Crippen MR) is 94.0 cm³/mol.